The molecule has 42 heavy (non-hydrogen) atoms. The minimum absolute atomic E-state index is 0.0231. The number of rotatable bonds is 11. The molecule has 230 valence electrons. The molecule has 0 fully saturated rings. The van der Waals surface area contributed by atoms with Crippen LogP contribution in [0.15, 0.2) is 60.8 Å². The molecule has 3 atom stereocenters. The summed E-state index contributed by atoms with van der Waals surface area (Å²) in [6.07, 6.45) is 2.32. The number of carbonyl (C=O) groups is 5. The predicted molar refractivity (Wildman–Crippen MR) is 153 cm³/mol. The van der Waals surface area contributed by atoms with Crippen LogP contribution < -0.4 is 22.9 Å². The van der Waals surface area contributed by atoms with E-state index in [1.807, 2.05) is 60.8 Å². The predicted octanol–water partition coefficient (Wildman–Crippen LogP) is 0.0561. The van der Waals surface area contributed by atoms with E-state index in [0.717, 1.165) is 22.0 Å². The Kier molecular flexibility index (Phi) is 17.8. The molecule has 0 aliphatic rings. The quantitative estimate of drug-likeness (QED) is 0.141. The van der Waals surface area contributed by atoms with Gasteiger partial charge in [0.15, 0.2) is 0 Å². The Morgan fingerprint density at radius 3 is 1.62 bits per heavy atom. The highest BCUT2D eigenvalue weighted by Gasteiger charge is 2.14. The summed E-state index contributed by atoms with van der Waals surface area (Å²) in [7, 11) is 0. The van der Waals surface area contributed by atoms with Gasteiger partial charge in [0.1, 0.15) is 18.1 Å². The molecule has 0 radical (unpaired) electrons. The van der Waals surface area contributed by atoms with Gasteiger partial charge in [-0.05, 0) is 30.0 Å². The van der Waals surface area contributed by atoms with Gasteiger partial charge < -0.3 is 53.5 Å². The van der Waals surface area contributed by atoms with Gasteiger partial charge in [-0.3, -0.25) is 24.0 Å². The zero-order valence-corrected chi connectivity index (χ0v) is 22.6. The number of nitrogens with one attached hydrogen (secondary N) is 1. The molecule has 0 bridgehead atoms. The van der Waals surface area contributed by atoms with Crippen LogP contribution in [0.5, 0.6) is 0 Å². The number of hydrogen-bond donors (Lipinski definition) is 10. The number of nitrogens with two attached hydrogens (primary N) is 4. The summed E-state index contributed by atoms with van der Waals surface area (Å²) >= 11 is 0. The molecule has 0 spiro atoms. The Balaban J connectivity index is 0.000000567. The van der Waals surface area contributed by atoms with Crippen molar-refractivity contribution >= 4 is 40.7 Å². The average molecular weight is 592 g/mol. The van der Waals surface area contributed by atoms with Gasteiger partial charge in [0.25, 0.3) is 0 Å². The summed E-state index contributed by atoms with van der Waals surface area (Å²) in [6.45, 7) is -0.278. The van der Waals surface area contributed by atoms with Crippen LogP contribution in [-0.4, -0.2) is 85.0 Å². The highest BCUT2D eigenvalue weighted by Crippen LogP contribution is 2.18. The summed E-state index contributed by atoms with van der Waals surface area (Å²) in [6, 6.07) is 14.4. The molecule has 3 unspecified atom stereocenters. The van der Waals surface area contributed by atoms with Gasteiger partial charge in [0.2, 0.25) is 0 Å². The van der Waals surface area contributed by atoms with Crippen LogP contribution in [0.1, 0.15) is 24.0 Å². The van der Waals surface area contributed by atoms with Gasteiger partial charge in [-0.2, -0.15) is 0 Å². The smallest absolute Gasteiger partial charge is 0.320 e. The highest BCUT2D eigenvalue weighted by atomic mass is 16.4. The number of benzene rings is 2. The summed E-state index contributed by atoms with van der Waals surface area (Å²) in [5.41, 5.74) is 23.3. The Morgan fingerprint density at radius 2 is 1.14 bits per heavy atom. The number of hydrogen-bond acceptors (Lipinski definition) is 9. The lowest BCUT2D eigenvalue weighted by atomic mass is 10.1. The van der Waals surface area contributed by atoms with E-state index in [1.54, 1.807) is 0 Å². The van der Waals surface area contributed by atoms with Gasteiger partial charge in [-0.25, -0.2) is 0 Å². The van der Waals surface area contributed by atoms with Crippen molar-refractivity contribution in [3.8, 4) is 0 Å². The monoisotopic (exact) mass is 591 g/mol. The number of H-pyrrole nitrogens is 1. The Morgan fingerprint density at radius 1 is 0.667 bits per heavy atom. The average Bonchev–Trinajstić information content (AvgIpc) is 3.35. The summed E-state index contributed by atoms with van der Waals surface area (Å²) in [5.74, 6) is -5.10. The van der Waals surface area contributed by atoms with Crippen molar-refractivity contribution in [2.24, 2.45) is 22.9 Å². The van der Waals surface area contributed by atoms with Gasteiger partial charge in [0, 0.05) is 29.9 Å². The van der Waals surface area contributed by atoms with Crippen molar-refractivity contribution < 1.29 is 49.5 Å². The van der Waals surface area contributed by atoms with Crippen molar-refractivity contribution in [2.75, 3.05) is 6.54 Å². The zero-order valence-electron chi connectivity index (χ0n) is 22.6. The normalized spacial score (nSPS) is 12.0. The molecule has 0 amide bonds. The van der Waals surface area contributed by atoms with E-state index in [-0.39, 0.29) is 19.4 Å². The second kappa shape index (κ2) is 20.1. The van der Waals surface area contributed by atoms with Crippen LogP contribution >= 0.6 is 0 Å². The Hall–Kier alpha value is -4.83. The van der Waals surface area contributed by atoms with E-state index < -0.39 is 48.0 Å². The van der Waals surface area contributed by atoms with Gasteiger partial charge >= 0.3 is 29.8 Å². The maximum Gasteiger partial charge on any atom is 0.320 e. The second-order valence-corrected chi connectivity index (χ2v) is 8.62. The number of aromatic nitrogens is 1. The van der Waals surface area contributed by atoms with Crippen molar-refractivity contribution in [3.05, 3.63) is 71.9 Å². The number of aliphatic carboxylic acids is 5. The molecule has 0 aliphatic heterocycles. The van der Waals surface area contributed by atoms with Crippen LogP contribution in [0.3, 0.4) is 0 Å². The molecular weight excluding hydrogens is 554 g/mol. The molecule has 15 heteroatoms. The molecule has 1 heterocycles. The first-order chi connectivity index (χ1) is 19.7. The Bertz CT molecular complexity index is 1280. The Labute approximate surface area is 240 Å². The minimum Gasteiger partial charge on any atom is -0.481 e. The third-order valence-corrected chi connectivity index (χ3v) is 5.21. The number of carboxylic acid groups (broad SMARTS) is 5. The number of carboxylic acids is 5. The van der Waals surface area contributed by atoms with E-state index in [0.29, 0.717) is 12.8 Å². The fourth-order valence-electron chi connectivity index (χ4n) is 2.98. The fourth-order valence-corrected chi connectivity index (χ4v) is 2.98. The molecule has 3 aromatic rings. The molecule has 0 saturated heterocycles. The number of para-hydroxylation sites is 1. The molecule has 1 aromatic heterocycles. The van der Waals surface area contributed by atoms with Crippen LogP contribution in [-0.2, 0) is 36.8 Å². The first-order valence-corrected chi connectivity index (χ1v) is 12.4. The SMILES string of the molecule is NC(CCC(=O)O)C(=O)O.NC(Cc1c[nH]c2ccccc12)C(=O)O.NC(Cc1ccccc1)C(=O)O.NCC(=O)O. The molecule has 3 rings (SSSR count). The van der Waals surface area contributed by atoms with Crippen molar-refractivity contribution in [1.29, 1.82) is 0 Å². The van der Waals surface area contributed by atoms with Gasteiger partial charge in [-0.1, -0.05) is 48.5 Å². The van der Waals surface area contributed by atoms with Crippen molar-refractivity contribution in [1.82, 2.24) is 4.98 Å². The molecule has 14 N–H and O–H groups in total. The first kappa shape index (κ1) is 37.2. The molecule has 15 nitrogen and oxygen atoms in total. The maximum absolute atomic E-state index is 10.6. The molecular formula is C27H37N5O10. The standard InChI is InChI=1S/C11H12N2O2.C9H11NO2.C5H9NO4.C2H5NO2/c12-9(11(14)15)5-7-6-13-10-4-2-1-3-8(7)10;10-8(9(11)12)6-7-4-2-1-3-5-7;6-3(5(9)10)1-2-4(7)8;3-1-2(4)5/h1-4,6,9,13H,5,12H2,(H,14,15);1-5,8H,6,10H2,(H,11,12);3H,1-2,6H2,(H,7,8)(H,9,10);1,3H2,(H,4,5). The van der Waals surface area contributed by atoms with Crippen LogP contribution in [0.4, 0.5) is 0 Å². The van der Waals surface area contributed by atoms with Crippen LogP contribution in [0.25, 0.3) is 10.9 Å². The third-order valence-electron chi connectivity index (χ3n) is 5.21. The van der Waals surface area contributed by atoms with E-state index in [4.69, 9.17) is 42.7 Å². The second-order valence-electron chi connectivity index (χ2n) is 8.62. The lowest BCUT2D eigenvalue weighted by molar-refractivity contribution is -0.141. The van der Waals surface area contributed by atoms with E-state index in [2.05, 4.69) is 10.7 Å². The highest BCUT2D eigenvalue weighted by molar-refractivity contribution is 5.84. The lowest BCUT2D eigenvalue weighted by Gasteiger charge is -2.04. The van der Waals surface area contributed by atoms with Crippen molar-refractivity contribution in [2.45, 2.75) is 43.8 Å². The van der Waals surface area contributed by atoms with Crippen LogP contribution in [0.2, 0.25) is 0 Å². The van der Waals surface area contributed by atoms with E-state index in [9.17, 15) is 24.0 Å². The topological polar surface area (TPSA) is 306 Å². The summed E-state index contributed by atoms with van der Waals surface area (Å²) in [5, 5.41) is 42.1. The van der Waals surface area contributed by atoms with Crippen LogP contribution in [0, 0.1) is 0 Å². The zero-order chi connectivity index (χ0) is 32.2. The molecule has 0 aliphatic carbocycles. The maximum atomic E-state index is 10.6. The fraction of sp³-hybridized carbons (Fsp3) is 0.296. The van der Waals surface area contributed by atoms with E-state index in [1.165, 1.54) is 0 Å². The van der Waals surface area contributed by atoms with E-state index >= 15 is 0 Å². The van der Waals surface area contributed by atoms with Gasteiger partial charge in [-0.15, -0.1) is 0 Å². The largest absolute Gasteiger partial charge is 0.481 e. The number of fused-ring (bicyclic) bond motifs is 1. The number of aromatic amines is 1. The third kappa shape index (κ3) is 16.3. The van der Waals surface area contributed by atoms with Gasteiger partial charge in [0.05, 0.1) is 6.54 Å². The summed E-state index contributed by atoms with van der Waals surface area (Å²) < 4.78 is 0. The molecule has 0 saturated carbocycles. The minimum atomic E-state index is -1.17. The summed E-state index contributed by atoms with van der Waals surface area (Å²) in [4.78, 5) is 53.2. The first-order valence-electron chi connectivity index (χ1n) is 12.4. The molecule has 2 aromatic carbocycles. The lowest BCUT2D eigenvalue weighted by Crippen LogP contribution is -2.32. The van der Waals surface area contributed by atoms with Crippen molar-refractivity contribution in [3.63, 3.8) is 0 Å².